The van der Waals surface area contributed by atoms with Crippen molar-refractivity contribution >= 4 is 69.4 Å². The van der Waals surface area contributed by atoms with Gasteiger partial charge < -0.3 is 11.5 Å². The van der Waals surface area contributed by atoms with E-state index in [-0.39, 0.29) is 21.2 Å². The van der Waals surface area contributed by atoms with Crippen molar-refractivity contribution in [2.24, 2.45) is 11.5 Å². The van der Waals surface area contributed by atoms with Crippen molar-refractivity contribution in [3.05, 3.63) is 67.6 Å². The minimum Gasteiger partial charge on any atom is -0.366 e. The van der Waals surface area contributed by atoms with Gasteiger partial charge in [0, 0.05) is 0 Å². The van der Waals surface area contributed by atoms with Gasteiger partial charge in [-0.15, -0.1) is 0 Å². The van der Waals surface area contributed by atoms with Gasteiger partial charge in [0.05, 0.1) is 31.2 Å². The Morgan fingerprint density at radius 1 is 0.625 bits per heavy atom. The fourth-order valence-corrected chi connectivity index (χ4v) is 2.72. The summed E-state index contributed by atoms with van der Waals surface area (Å²) in [5.74, 6) is -1.71. The van der Waals surface area contributed by atoms with Crippen LogP contribution in [0.2, 0.25) is 20.1 Å². The lowest BCUT2D eigenvalue weighted by Crippen LogP contribution is -2.21. The molecule has 0 heterocycles. The smallest absolute Gasteiger partial charge is 0.250 e. The third kappa shape index (κ3) is 3.84. The first-order chi connectivity index (χ1) is 11.2. The highest BCUT2D eigenvalue weighted by atomic mass is 35.5. The summed E-state index contributed by atoms with van der Waals surface area (Å²) in [6.07, 6.45) is 0. The number of rotatable bonds is 4. The molecule has 24 heavy (non-hydrogen) atoms. The molecule has 0 radical (unpaired) electrons. The average molecular weight is 404 g/mol. The van der Waals surface area contributed by atoms with Gasteiger partial charge in [-0.05, 0) is 35.4 Å². The molecule has 0 bridgehead atoms. The highest BCUT2D eigenvalue weighted by Gasteiger charge is 2.22. The van der Waals surface area contributed by atoms with Gasteiger partial charge >= 0.3 is 0 Å². The fraction of sp³-hybridized carbons (Fsp3) is 0. The van der Waals surface area contributed by atoms with E-state index in [1.54, 1.807) is 0 Å². The van der Waals surface area contributed by atoms with Crippen molar-refractivity contribution in [2.45, 2.75) is 0 Å². The number of benzene rings is 2. The van der Waals surface area contributed by atoms with Crippen LogP contribution in [0.5, 0.6) is 0 Å². The predicted octanol–water partition coefficient (Wildman–Crippen LogP) is 4.18. The summed E-state index contributed by atoms with van der Waals surface area (Å²) in [6, 6.07) is 8.82. The first-order valence-corrected chi connectivity index (χ1v) is 7.98. The summed E-state index contributed by atoms with van der Waals surface area (Å²) in [7, 11) is 0. The van der Waals surface area contributed by atoms with Gasteiger partial charge in [0.15, 0.2) is 0 Å². The van der Waals surface area contributed by atoms with E-state index in [1.165, 1.54) is 36.4 Å². The molecular formula is C16H10Cl4N2O2. The minimum atomic E-state index is -0.853. The first-order valence-electron chi connectivity index (χ1n) is 6.47. The summed E-state index contributed by atoms with van der Waals surface area (Å²) in [4.78, 5) is 24.0. The molecule has 0 saturated carbocycles. The molecule has 0 aliphatic carbocycles. The SMILES string of the molecule is NC(=O)/C(=C(/C(N)=O)c1ccc(Cl)c(Cl)c1)c1ccc(Cl)c(Cl)c1. The van der Waals surface area contributed by atoms with Crippen LogP contribution in [0, 0.1) is 0 Å². The highest BCUT2D eigenvalue weighted by molar-refractivity contribution is 6.44. The highest BCUT2D eigenvalue weighted by Crippen LogP contribution is 2.33. The molecule has 8 heteroatoms. The van der Waals surface area contributed by atoms with Crippen LogP contribution in [0.25, 0.3) is 11.1 Å². The molecule has 0 fully saturated rings. The molecule has 4 N–H and O–H groups in total. The Morgan fingerprint density at radius 2 is 0.958 bits per heavy atom. The Kier molecular flexibility index (Phi) is 5.78. The van der Waals surface area contributed by atoms with Crippen molar-refractivity contribution in [1.82, 2.24) is 0 Å². The molecule has 0 unspecified atom stereocenters. The third-order valence-electron chi connectivity index (χ3n) is 3.16. The predicted molar refractivity (Wildman–Crippen MR) is 98.1 cm³/mol. The molecule has 4 nitrogen and oxygen atoms in total. The summed E-state index contributed by atoms with van der Waals surface area (Å²) >= 11 is 23.7. The van der Waals surface area contributed by atoms with Crippen molar-refractivity contribution in [1.29, 1.82) is 0 Å². The lowest BCUT2D eigenvalue weighted by molar-refractivity contribution is -0.114. The molecule has 0 saturated heterocycles. The number of carbonyl (C=O) groups is 2. The van der Waals surface area contributed by atoms with Gasteiger partial charge in [-0.1, -0.05) is 58.5 Å². The lowest BCUT2D eigenvalue weighted by Gasteiger charge is -2.12. The van der Waals surface area contributed by atoms with E-state index in [2.05, 4.69) is 0 Å². The number of primary amides is 2. The van der Waals surface area contributed by atoms with Crippen molar-refractivity contribution in [3.8, 4) is 0 Å². The van der Waals surface area contributed by atoms with Gasteiger partial charge in [-0.3, -0.25) is 9.59 Å². The number of nitrogens with two attached hydrogens (primary N) is 2. The molecule has 0 aromatic heterocycles. The zero-order valence-electron chi connectivity index (χ0n) is 11.9. The molecule has 2 aromatic carbocycles. The van der Waals surface area contributed by atoms with Crippen LogP contribution in [0.3, 0.4) is 0 Å². The van der Waals surface area contributed by atoms with Crippen LogP contribution in [-0.2, 0) is 9.59 Å². The van der Waals surface area contributed by atoms with E-state index in [9.17, 15) is 9.59 Å². The molecule has 0 spiro atoms. The van der Waals surface area contributed by atoms with Gasteiger partial charge in [0.2, 0.25) is 11.8 Å². The van der Waals surface area contributed by atoms with Crippen LogP contribution in [-0.4, -0.2) is 11.8 Å². The number of hydrogen-bond donors (Lipinski definition) is 2. The first kappa shape index (κ1) is 18.6. The summed E-state index contributed by atoms with van der Waals surface area (Å²) in [5, 5.41) is 0.982. The van der Waals surface area contributed by atoms with Crippen LogP contribution >= 0.6 is 46.4 Å². The Morgan fingerprint density at radius 3 is 1.21 bits per heavy atom. The number of hydrogen-bond acceptors (Lipinski definition) is 2. The molecular weight excluding hydrogens is 394 g/mol. The summed E-state index contributed by atoms with van der Waals surface area (Å²) in [6.45, 7) is 0. The molecule has 2 rings (SSSR count). The second-order valence-corrected chi connectivity index (χ2v) is 6.37. The molecule has 2 aromatic rings. The van der Waals surface area contributed by atoms with Crippen molar-refractivity contribution in [3.63, 3.8) is 0 Å². The Hall–Kier alpha value is -1.72. The maximum Gasteiger partial charge on any atom is 0.250 e. The van der Waals surface area contributed by atoms with Crippen LogP contribution in [0.4, 0.5) is 0 Å². The van der Waals surface area contributed by atoms with Gasteiger partial charge in [-0.2, -0.15) is 0 Å². The van der Waals surface area contributed by atoms with E-state index in [0.29, 0.717) is 21.2 Å². The largest absolute Gasteiger partial charge is 0.366 e. The summed E-state index contributed by atoms with van der Waals surface area (Å²) < 4.78 is 0. The normalized spacial score (nSPS) is 11.8. The molecule has 0 aliphatic rings. The zero-order valence-corrected chi connectivity index (χ0v) is 15.0. The maximum absolute atomic E-state index is 12.0. The Labute approximate surface area is 157 Å². The maximum atomic E-state index is 12.0. The molecule has 0 aliphatic heterocycles. The third-order valence-corrected chi connectivity index (χ3v) is 4.64. The van der Waals surface area contributed by atoms with E-state index in [1.807, 2.05) is 0 Å². The number of halogens is 4. The fourth-order valence-electron chi connectivity index (χ4n) is 2.12. The van der Waals surface area contributed by atoms with Crippen molar-refractivity contribution in [2.75, 3.05) is 0 Å². The monoisotopic (exact) mass is 402 g/mol. The number of carbonyl (C=O) groups excluding carboxylic acids is 2. The van der Waals surface area contributed by atoms with Crippen LogP contribution in [0.1, 0.15) is 11.1 Å². The Bertz CT molecular complexity index is 807. The van der Waals surface area contributed by atoms with Crippen molar-refractivity contribution < 1.29 is 9.59 Å². The standard InChI is InChI=1S/C16H10Cl4N2O2/c17-9-3-1-7(5-11(9)19)13(15(21)23)14(16(22)24)8-2-4-10(18)12(20)6-8/h1-6H,(H2,21,23)(H2,22,24)/b14-13+. The van der Waals surface area contributed by atoms with Crippen LogP contribution in [0.15, 0.2) is 36.4 Å². The van der Waals surface area contributed by atoms with E-state index >= 15 is 0 Å². The average Bonchev–Trinajstić information content (AvgIpc) is 2.50. The van der Waals surface area contributed by atoms with E-state index in [0.717, 1.165) is 0 Å². The molecule has 124 valence electrons. The van der Waals surface area contributed by atoms with Crippen LogP contribution < -0.4 is 11.5 Å². The van der Waals surface area contributed by atoms with Gasteiger partial charge in [0.25, 0.3) is 0 Å². The minimum absolute atomic E-state index is 0.0977. The second kappa shape index (κ2) is 7.45. The topological polar surface area (TPSA) is 86.2 Å². The summed E-state index contributed by atoms with van der Waals surface area (Å²) in [5.41, 5.74) is 11.3. The second-order valence-electron chi connectivity index (χ2n) is 4.74. The lowest BCUT2D eigenvalue weighted by atomic mass is 9.93. The van der Waals surface area contributed by atoms with Gasteiger partial charge in [-0.25, -0.2) is 0 Å². The zero-order chi connectivity index (χ0) is 18.0. The quantitative estimate of drug-likeness (QED) is 0.592. The Balaban J connectivity index is 2.81. The molecule has 2 amide bonds. The van der Waals surface area contributed by atoms with E-state index in [4.69, 9.17) is 57.9 Å². The van der Waals surface area contributed by atoms with Gasteiger partial charge in [0.1, 0.15) is 0 Å². The van der Waals surface area contributed by atoms with E-state index < -0.39 is 11.8 Å². The number of amides is 2. The molecule has 0 atom stereocenters.